The summed E-state index contributed by atoms with van der Waals surface area (Å²) >= 11 is 0. The normalized spacial score (nSPS) is 46.6. The van der Waals surface area contributed by atoms with Crippen molar-refractivity contribution in [2.45, 2.75) is 12.5 Å². The second kappa shape index (κ2) is 2.94. The molecular weight excluding hydrogens is 180 g/mol. The van der Waals surface area contributed by atoms with Gasteiger partial charge in [-0.2, -0.15) is 0 Å². The van der Waals surface area contributed by atoms with Crippen molar-refractivity contribution in [1.82, 2.24) is 10.2 Å². The van der Waals surface area contributed by atoms with Crippen LogP contribution in [0.15, 0.2) is 0 Å². The largest absolute Gasteiger partial charge is 0.481 e. The van der Waals surface area contributed by atoms with Crippen molar-refractivity contribution >= 4 is 5.97 Å². The fraction of sp³-hybridized carbons (Fsp3) is 0.900. The third-order valence-corrected chi connectivity index (χ3v) is 4.06. The Labute approximate surface area is 83.3 Å². The third kappa shape index (κ3) is 1.17. The zero-order valence-electron chi connectivity index (χ0n) is 8.15. The van der Waals surface area contributed by atoms with E-state index in [1.165, 1.54) is 6.42 Å². The van der Waals surface area contributed by atoms with Crippen molar-refractivity contribution in [2.24, 2.45) is 17.8 Å². The first-order valence-corrected chi connectivity index (χ1v) is 5.45. The van der Waals surface area contributed by atoms with Gasteiger partial charge < -0.3 is 10.4 Å². The number of carboxylic acid groups (broad SMARTS) is 1. The van der Waals surface area contributed by atoms with Gasteiger partial charge in [0.15, 0.2) is 0 Å². The number of piperidine rings is 1. The summed E-state index contributed by atoms with van der Waals surface area (Å²) in [6.07, 6.45) is 1.23. The maximum atomic E-state index is 10.8. The first-order valence-electron chi connectivity index (χ1n) is 5.45. The lowest BCUT2D eigenvalue weighted by Crippen LogP contribution is -2.37. The smallest absolute Gasteiger partial charge is 0.307 e. The van der Waals surface area contributed by atoms with Crippen LogP contribution in [0.4, 0.5) is 0 Å². The molecular formula is C10H16N2O2. The quantitative estimate of drug-likeness (QED) is 0.631. The molecule has 0 aromatic heterocycles. The van der Waals surface area contributed by atoms with Gasteiger partial charge in [-0.1, -0.05) is 0 Å². The van der Waals surface area contributed by atoms with E-state index in [2.05, 4.69) is 10.2 Å². The molecule has 4 heteroatoms. The molecule has 0 aromatic carbocycles. The van der Waals surface area contributed by atoms with Crippen molar-refractivity contribution in [1.29, 1.82) is 0 Å². The third-order valence-electron chi connectivity index (χ3n) is 4.06. The van der Waals surface area contributed by atoms with Crippen LogP contribution in [0.1, 0.15) is 6.42 Å². The van der Waals surface area contributed by atoms with Crippen LogP contribution >= 0.6 is 0 Å². The van der Waals surface area contributed by atoms with Crippen molar-refractivity contribution in [2.75, 3.05) is 26.2 Å². The molecule has 2 N–H and O–H groups in total. The standard InChI is InChI=1S/C10H16N2O2/c13-10(14)9-7-4-12(5-8(7)9)6-1-2-11-3-6/h6-9,11H,1-5H2,(H,13,14). The summed E-state index contributed by atoms with van der Waals surface area (Å²) in [5.74, 6) is 0.339. The second-order valence-corrected chi connectivity index (χ2v) is 4.79. The Morgan fingerprint density at radius 1 is 1.36 bits per heavy atom. The summed E-state index contributed by atoms with van der Waals surface area (Å²) in [6.45, 7) is 4.26. The highest BCUT2D eigenvalue weighted by Gasteiger charge is 2.60. The number of carbonyl (C=O) groups is 1. The van der Waals surface area contributed by atoms with Crippen LogP contribution in [0.25, 0.3) is 0 Å². The minimum atomic E-state index is -0.579. The van der Waals surface area contributed by atoms with Crippen LogP contribution in [0.5, 0.6) is 0 Å². The number of hydrogen-bond acceptors (Lipinski definition) is 3. The van der Waals surface area contributed by atoms with Gasteiger partial charge in [-0.05, 0) is 24.8 Å². The topological polar surface area (TPSA) is 52.6 Å². The lowest BCUT2D eigenvalue weighted by molar-refractivity contribution is -0.139. The summed E-state index contributed by atoms with van der Waals surface area (Å²) < 4.78 is 0. The highest BCUT2D eigenvalue weighted by molar-refractivity contribution is 5.74. The fourth-order valence-corrected chi connectivity index (χ4v) is 3.17. The molecule has 2 heterocycles. The van der Waals surface area contributed by atoms with Gasteiger partial charge in [0, 0.05) is 25.7 Å². The maximum absolute atomic E-state index is 10.8. The molecule has 3 aliphatic rings. The first-order chi connectivity index (χ1) is 6.77. The van der Waals surface area contributed by atoms with E-state index in [1.807, 2.05) is 0 Å². The second-order valence-electron chi connectivity index (χ2n) is 4.79. The minimum absolute atomic E-state index is 0.0133. The van der Waals surface area contributed by atoms with Gasteiger partial charge in [0.05, 0.1) is 5.92 Å². The molecule has 3 fully saturated rings. The summed E-state index contributed by atoms with van der Waals surface area (Å²) in [5, 5.41) is 12.2. The first kappa shape index (κ1) is 8.68. The lowest BCUT2D eigenvalue weighted by atomic mass is 10.2. The van der Waals surface area contributed by atoms with Crippen LogP contribution in [0.3, 0.4) is 0 Å². The summed E-state index contributed by atoms with van der Waals surface area (Å²) in [5.41, 5.74) is 0. The molecule has 1 aliphatic carbocycles. The molecule has 0 amide bonds. The van der Waals surface area contributed by atoms with E-state index in [4.69, 9.17) is 5.11 Å². The number of fused-ring (bicyclic) bond motifs is 1. The Morgan fingerprint density at radius 3 is 2.57 bits per heavy atom. The van der Waals surface area contributed by atoms with Crippen LogP contribution in [0.2, 0.25) is 0 Å². The fourth-order valence-electron chi connectivity index (χ4n) is 3.17. The summed E-state index contributed by atoms with van der Waals surface area (Å²) in [4.78, 5) is 13.3. The van der Waals surface area contributed by atoms with Gasteiger partial charge >= 0.3 is 5.97 Å². The van der Waals surface area contributed by atoms with Gasteiger partial charge in [-0.15, -0.1) is 0 Å². The maximum Gasteiger partial charge on any atom is 0.307 e. The average Bonchev–Trinajstić information content (AvgIpc) is 2.62. The molecule has 3 rings (SSSR count). The van der Waals surface area contributed by atoms with Crippen LogP contribution in [-0.2, 0) is 4.79 Å². The van der Waals surface area contributed by atoms with Gasteiger partial charge in [0.25, 0.3) is 0 Å². The summed E-state index contributed by atoms with van der Waals surface area (Å²) in [6, 6.07) is 0.678. The number of hydrogen-bond donors (Lipinski definition) is 2. The monoisotopic (exact) mass is 196 g/mol. The van der Waals surface area contributed by atoms with Crippen LogP contribution < -0.4 is 5.32 Å². The molecule has 3 atom stereocenters. The Kier molecular flexibility index (Phi) is 1.82. The van der Waals surface area contributed by atoms with Crippen molar-refractivity contribution in [3.05, 3.63) is 0 Å². The number of likely N-dealkylation sites (tertiary alicyclic amines) is 1. The predicted molar refractivity (Wildman–Crippen MR) is 51.0 cm³/mol. The highest BCUT2D eigenvalue weighted by atomic mass is 16.4. The molecule has 0 bridgehead atoms. The Bertz CT molecular complexity index is 251. The van der Waals surface area contributed by atoms with Gasteiger partial charge in [-0.3, -0.25) is 9.69 Å². The Hall–Kier alpha value is -0.610. The predicted octanol–water partition coefficient (Wildman–Crippen LogP) is -0.389. The number of aliphatic carboxylic acids is 1. The van der Waals surface area contributed by atoms with E-state index in [9.17, 15) is 4.79 Å². The van der Waals surface area contributed by atoms with Crippen molar-refractivity contribution in [3.8, 4) is 0 Å². The molecule has 4 nitrogen and oxygen atoms in total. The minimum Gasteiger partial charge on any atom is -0.481 e. The van der Waals surface area contributed by atoms with E-state index < -0.39 is 5.97 Å². The van der Waals surface area contributed by atoms with Crippen LogP contribution in [-0.4, -0.2) is 48.2 Å². The zero-order valence-corrected chi connectivity index (χ0v) is 8.15. The molecule has 0 spiro atoms. The van der Waals surface area contributed by atoms with E-state index in [1.54, 1.807) is 0 Å². The number of carboxylic acids is 1. The number of rotatable bonds is 2. The Balaban J connectivity index is 1.57. The molecule has 78 valence electrons. The number of nitrogens with one attached hydrogen (secondary N) is 1. The lowest BCUT2D eigenvalue weighted by Gasteiger charge is -2.25. The van der Waals surface area contributed by atoms with Gasteiger partial charge in [-0.25, -0.2) is 0 Å². The van der Waals surface area contributed by atoms with Gasteiger partial charge in [0.2, 0.25) is 0 Å². The van der Waals surface area contributed by atoms with E-state index in [0.717, 1.165) is 26.2 Å². The molecule has 3 unspecified atom stereocenters. The molecule has 2 aliphatic heterocycles. The molecule has 2 saturated heterocycles. The van der Waals surface area contributed by atoms with Crippen LogP contribution in [0, 0.1) is 17.8 Å². The van der Waals surface area contributed by atoms with E-state index in [0.29, 0.717) is 17.9 Å². The highest BCUT2D eigenvalue weighted by Crippen LogP contribution is 2.52. The molecule has 1 saturated carbocycles. The SMILES string of the molecule is O=C(O)C1C2CN(C3CCNC3)CC21. The zero-order chi connectivity index (χ0) is 9.71. The molecule has 0 radical (unpaired) electrons. The van der Waals surface area contributed by atoms with E-state index in [-0.39, 0.29) is 5.92 Å². The Morgan fingerprint density at radius 2 is 2.07 bits per heavy atom. The summed E-state index contributed by atoms with van der Waals surface area (Å²) in [7, 11) is 0. The number of nitrogens with zero attached hydrogens (tertiary/aromatic N) is 1. The van der Waals surface area contributed by atoms with Crippen molar-refractivity contribution < 1.29 is 9.90 Å². The van der Waals surface area contributed by atoms with Gasteiger partial charge in [0.1, 0.15) is 0 Å². The molecule has 14 heavy (non-hydrogen) atoms. The molecule has 0 aromatic rings. The van der Waals surface area contributed by atoms with Crippen molar-refractivity contribution in [3.63, 3.8) is 0 Å². The average molecular weight is 196 g/mol. The van der Waals surface area contributed by atoms with E-state index >= 15 is 0 Å².